The van der Waals surface area contributed by atoms with Gasteiger partial charge in [-0.2, -0.15) is 0 Å². The maximum atomic E-state index is 12.3. The molecular formula is C16H15ClN2O4S. The zero-order valence-corrected chi connectivity index (χ0v) is 14.4. The minimum atomic E-state index is -3.42. The number of carbonyl (C=O) groups is 1. The Hall–Kier alpha value is -2.25. The van der Waals surface area contributed by atoms with Crippen LogP contribution in [0.3, 0.4) is 0 Å². The van der Waals surface area contributed by atoms with E-state index in [1.54, 1.807) is 42.5 Å². The Bertz CT molecular complexity index is 899. The fourth-order valence-corrected chi connectivity index (χ4v) is 3.59. The van der Waals surface area contributed by atoms with Crippen LogP contribution in [-0.2, 0) is 10.0 Å². The van der Waals surface area contributed by atoms with E-state index in [0.29, 0.717) is 27.7 Å². The minimum absolute atomic E-state index is 0.230. The molecular weight excluding hydrogens is 352 g/mol. The molecule has 0 fully saturated rings. The fourth-order valence-electron chi connectivity index (χ4n) is 2.46. The maximum absolute atomic E-state index is 12.3. The first-order chi connectivity index (χ1) is 11.4. The van der Waals surface area contributed by atoms with Crippen molar-refractivity contribution < 1.29 is 17.9 Å². The van der Waals surface area contributed by atoms with Crippen molar-refractivity contribution in [2.45, 2.75) is 0 Å². The van der Waals surface area contributed by atoms with Gasteiger partial charge in [0.15, 0.2) is 0 Å². The topological polar surface area (TPSA) is 75.7 Å². The molecule has 0 spiro atoms. The van der Waals surface area contributed by atoms with Crippen molar-refractivity contribution in [1.29, 1.82) is 0 Å². The fraction of sp³-hybridized carbons (Fsp3) is 0.188. The van der Waals surface area contributed by atoms with Gasteiger partial charge in [-0.25, -0.2) is 8.42 Å². The Morgan fingerprint density at radius 3 is 2.71 bits per heavy atom. The quantitative estimate of drug-likeness (QED) is 0.906. The van der Waals surface area contributed by atoms with Gasteiger partial charge in [-0.1, -0.05) is 23.7 Å². The second kappa shape index (κ2) is 6.33. The largest absolute Gasteiger partial charge is 0.489 e. The van der Waals surface area contributed by atoms with Crippen LogP contribution in [-0.4, -0.2) is 33.7 Å². The van der Waals surface area contributed by atoms with Gasteiger partial charge >= 0.3 is 0 Å². The van der Waals surface area contributed by atoms with Crippen molar-refractivity contribution in [2.24, 2.45) is 0 Å². The van der Waals surface area contributed by atoms with E-state index in [0.717, 1.165) is 6.26 Å². The molecule has 0 atom stereocenters. The van der Waals surface area contributed by atoms with Crippen molar-refractivity contribution >= 4 is 38.9 Å². The smallest absolute Gasteiger partial charge is 0.257 e. The zero-order valence-electron chi connectivity index (χ0n) is 12.8. The van der Waals surface area contributed by atoms with E-state index in [2.05, 4.69) is 5.32 Å². The molecule has 1 N–H and O–H groups in total. The molecule has 0 aliphatic carbocycles. The van der Waals surface area contributed by atoms with Crippen LogP contribution in [0.1, 0.15) is 10.4 Å². The lowest BCUT2D eigenvalue weighted by Crippen LogP contribution is -2.37. The first-order valence-corrected chi connectivity index (χ1v) is 9.39. The number of anilines is 2. The first-order valence-electron chi connectivity index (χ1n) is 7.17. The van der Waals surface area contributed by atoms with Crippen molar-refractivity contribution in [3.63, 3.8) is 0 Å². The summed E-state index contributed by atoms with van der Waals surface area (Å²) < 4.78 is 30.6. The molecule has 24 heavy (non-hydrogen) atoms. The molecule has 0 unspecified atom stereocenters. The van der Waals surface area contributed by atoms with E-state index >= 15 is 0 Å². The van der Waals surface area contributed by atoms with Crippen molar-refractivity contribution in [1.82, 2.24) is 0 Å². The standard InChI is InChI=1S/C16H15ClN2O4S/c1-24(21,22)19-8-9-23-15-7-6-11(10-14(15)19)18-16(20)12-4-2-3-5-13(12)17/h2-7,10H,8-9H2,1H3,(H,18,20). The van der Waals surface area contributed by atoms with E-state index in [-0.39, 0.29) is 19.1 Å². The number of nitrogens with one attached hydrogen (secondary N) is 1. The number of amides is 1. The molecule has 0 saturated carbocycles. The molecule has 6 nitrogen and oxygen atoms in total. The summed E-state index contributed by atoms with van der Waals surface area (Å²) in [6.07, 6.45) is 1.14. The van der Waals surface area contributed by atoms with Gasteiger partial charge < -0.3 is 10.1 Å². The summed E-state index contributed by atoms with van der Waals surface area (Å²) in [5.74, 6) is 0.0885. The second-order valence-electron chi connectivity index (χ2n) is 5.30. The molecule has 0 aromatic heterocycles. The molecule has 2 aromatic rings. The van der Waals surface area contributed by atoms with Crippen LogP contribution in [0.25, 0.3) is 0 Å². The highest BCUT2D eigenvalue weighted by atomic mass is 35.5. The minimum Gasteiger partial charge on any atom is -0.489 e. The number of carbonyl (C=O) groups excluding carboxylic acids is 1. The molecule has 8 heteroatoms. The Kier molecular flexibility index (Phi) is 4.38. The molecule has 0 radical (unpaired) electrons. The molecule has 1 heterocycles. The average molecular weight is 367 g/mol. The van der Waals surface area contributed by atoms with Crippen molar-refractivity contribution in [2.75, 3.05) is 29.0 Å². The number of halogens is 1. The lowest BCUT2D eigenvalue weighted by molar-refractivity contribution is 0.102. The monoisotopic (exact) mass is 366 g/mol. The van der Waals surface area contributed by atoms with E-state index in [1.165, 1.54) is 4.31 Å². The summed E-state index contributed by atoms with van der Waals surface area (Å²) in [5.41, 5.74) is 1.20. The predicted octanol–water partition coefficient (Wildman–Crippen LogP) is 2.75. The first kappa shape index (κ1) is 16.6. The van der Waals surface area contributed by atoms with Gasteiger partial charge in [-0.3, -0.25) is 9.10 Å². The highest BCUT2D eigenvalue weighted by Gasteiger charge is 2.25. The molecule has 0 bridgehead atoms. The summed E-state index contributed by atoms with van der Waals surface area (Å²) >= 11 is 6.02. The van der Waals surface area contributed by atoms with Crippen molar-refractivity contribution in [3.8, 4) is 5.75 Å². The van der Waals surface area contributed by atoms with Crippen LogP contribution in [0.4, 0.5) is 11.4 Å². The summed E-state index contributed by atoms with van der Waals surface area (Å²) in [4.78, 5) is 12.3. The summed E-state index contributed by atoms with van der Waals surface area (Å²) in [7, 11) is -3.42. The normalized spacial score (nSPS) is 13.8. The van der Waals surface area contributed by atoms with Crippen LogP contribution in [0.15, 0.2) is 42.5 Å². The number of sulfonamides is 1. The lowest BCUT2D eigenvalue weighted by Gasteiger charge is -2.29. The van der Waals surface area contributed by atoms with Crippen LogP contribution in [0.5, 0.6) is 5.75 Å². The predicted molar refractivity (Wildman–Crippen MR) is 93.5 cm³/mol. The van der Waals surface area contributed by atoms with Crippen LogP contribution in [0, 0.1) is 0 Å². The number of fused-ring (bicyclic) bond motifs is 1. The Labute approximate surface area is 145 Å². The molecule has 126 valence electrons. The Morgan fingerprint density at radius 1 is 1.25 bits per heavy atom. The molecule has 2 aromatic carbocycles. The summed E-state index contributed by atoms with van der Waals surface area (Å²) in [6.45, 7) is 0.513. The van der Waals surface area contributed by atoms with E-state index in [9.17, 15) is 13.2 Å². The summed E-state index contributed by atoms with van der Waals surface area (Å²) in [5, 5.41) is 3.06. The van der Waals surface area contributed by atoms with E-state index in [1.807, 2.05) is 0 Å². The lowest BCUT2D eigenvalue weighted by atomic mass is 10.2. The highest BCUT2D eigenvalue weighted by Crippen LogP contribution is 2.35. The average Bonchev–Trinajstić information content (AvgIpc) is 2.53. The molecule has 1 aliphatic heterocycles. The van der Waals surface area contributed by atoms with Gasteiger partial charge in [0.05, 0.1) is 29.1 Å². The number of benzene rings is 2. The number of nitrogens with zero attached hydrogens (tertiary/aromatic N) is 1. The van der Waals surface area contributed by atoms with Gasteiger partial charge in [0.1, 0.15) is 12.4 Å². The number of hydrogen-bond acceptors (Lipinski definition) is 4. The van der Waals surface area contributed by atoms with Crippen LogP contribution < -0.4 is 14.4 Å². The van der Waals surface area contributed by atoms with Crippen LogP contribution >= 0.6 is 11.6 Å². The van der Waals surface area contributed by atoms with Crippen molar-refractivity contribution in [3.05, 3.63) is 53.1 Å². The molecule has 0 saturated heterocycles. The van der Waals surface area contributed by atoms with E-state index in [4.69, 9.17) is 16.3 Å². The van der Waals surface area contributed by atoms with Gasteiger partial charge in [-0.15, -0.1) is 0 Å². The van der Waals surface area contributed by atoms with E-state index < -0.39 is 10.0 Å². The van der Waals surface area contributed by atoms with Gasteiger partial charge in [0.25, 0.3) is 5.91 Å². The maximum Gasteiger partial charge on any atom is 0.257 e. The molecule has 1 aliphatic rings. The molecule has 3 rings (SSSR count). The van der Waals surface area contributed by atoms with Gasteiger partial charge in [-0.05, 0) is 30.3 Å². The van der Waals surface area contributed by atoms with Gasteiger partial charge in [0, 0.05) is 5.69 Å². The molecule has 1 amide bonds. The number of hydrogen-bond donors (Lipinski definition) is 1. The highest BCUT2D eigenvalue weighted by molar-refractivity contribution is 7.92. The Morgan fingerprint density at radius 2 is 2.00 bits per heavy atom. The number of rotatable bonds is 3. The number of ether oxygens (including phenoxy) is 1. The SMILES string of the molecule is CS(=O)(=O)N1CCOc2ccc(NC(=O)c3ccccc3Cl)cc21. The Balaban J connectivity index is 1.91. The third-order valence-electron chi connectivity index (χ3n) is 3.56. The third kappa shape index (κ3) is 3.32. The van der Waals surface area contributed by atoms with Crippen LogP contribution in [0.2, 0.25) is 5.02 Å². The van der Waals surface area contributed by atoms with Gasteiger partial charge in [0.2, 0.25) is 10.0 Å². The second-order valence-corrected chi connectivity index (χ2v) is 7.61. The third-order valence-corrected chi connectivity index (χ3v) is 5.07. The zero-order chi connectivity index (χ0) is 17.3. The summed E-state index contributed by atoms with van der Waals surface area (Å²) in [6, 6.07) is 11.6.